The number of nitrogens with zero attached hydrogens (tertiary/aromatic N) is 2. The minimum absolute atomic E-state index is 0.387. The molecule has 0 saturated carbocycles. The third-order valence-electron chi connectivity index (χ3n) is 5.53. The molecule has 0 spiro atoms. The van der Waals surface area contributed by atoms with Gasteiger partial charge in [0.15, 0.2) is 0 Å². The van der Waals surface area contributed by atoms with E-state index in [1.54, 1.807) is 25.2 Å². The van der Waals surface area contributed by atoms with Gasteiger partial charge in [-0.25, -0.2) is 9.79 Å². The van der Waals surface area contributed by atoms with E-state index >= 15 is 0 Å². The zero-order chi connectivity index (χ0) is 24.9. The highest BCUT2D eigenvalue weighted by Gasteiger charge is 2.32. The molecule has 4 amide bonds. The maximum Gasteiger partial charge on any atom is 0.319 e. The van der Waals surface area contributed by atoms with E-state index in [4.69, 9.17) is 0 Å². The van der Waals surface area contributed by atoms with Crippen LogP contribution in [0, 0.1) is 0 Å². The fourth-order valence-electron chi connectivity index (χ4n) is 3.69. The van der Waals surface area contributed by atoms with Crippen LogP contribution in [0.3, 0.4) is 0 Å². The van der Waals surface area contributed by atoms with E-state index in [0.29, 0.717) is 21.6 Å². The van der Waals surface area contributed by atoms with Gasteiger partial charge in [0.05, 0.1) is 17.1 Å². The number of fused-ring (bicyclic) bond motifs is 1. The van der Waals surface area contributed by atoms with E-state index in [-0.39, 0.29) is 5.91 Å². The molecule has 0 aliphatic carbocycles. The number of halogens is 1. The van der Waals surface area contributed by atoms with Crippen molar-refractivity contribution in [3.8, 4) is 0 Å². The molecule has 35 heavy (non-hydrogen) atoms. The van der Waals surface area contributed by atoms with E-state index in [1.807, 2.05) is 60.7 Å². The average Bonchev–Trinajstić information content (AvgIpc) is 2.96. The van der Waals surface area contributed by atoms with Gasteiger partial charge in [-0.15, -0.1) is 0 Å². The fraction of sp³-hybridized carbons (Fsp3) is 0.154. The molecule has 8 nitrogen and oxygen atoms in total. The molecule has 1 aliphatic heterocycles. The van der Waals surface area contributed by atoms with Crippen molar-refractivity contribution in [1.82, 2.24) is 10.6 Å². The SMILES string of the molecule is C[C@H](NC(=O)Nc1ccccc1Br)C(=O)N[C@H]1N=C(c2ccccc2)c2ccccc2N(C)C1=O. The minimum atomic E-state index is -1.16. The summed E-state index contributed by atoms with van der Waals surface area (Å²) in [5.41, 5.74) is 3.45. The van der Waals surface area contributed by atoms with Gasteiger partial charge in [0.1, 0.15) is 6.04 Å². The number of amides is 4. The van der Waals surface area contributed by atoms with E-state index in [1.165, 1.54) is 11.8 Å². The second-order valence-electron chi connectivity index (χ2n) is 7.97. The molecule has 1 aliphatic rings. The summed E-state index contributed by atoms with van der Waals surface area (Å²) in [5, 5.41) is 7.96. The third kappa shape index (κ3) is 5.41. The number of carbonyl (C=O) groups excluding carboxylic acids is 3. The number of urea groups is 1. The lowest BCUT2D eigenvalue weighted by atomic mass is 10.0. The molecule has 0 aromatic heterocycles. The number of para-hydroxylation sites is 2. The molecular weight excluding hydrogens is 510 g/mol. The molecule has 0 fully saturated rings. The number of nitrogens with one attached hydrogen (secondary N) is 3. The Morgan fingerprint density at radius 2 is 1.63 bits per heavy atom. The maximum atomic E-state index is 13.2. The van der Waals surface area contributed by atoms with Crippen LogP contribution in [0.25, 0.3) is 0 Å². The third-order valence-corrected chi connectivity index (χ3v) is 6.22. The minimum Gasteiger partial charge on any atom is -0.326 e. The number of benzodiazepines with no additional fused rings is 1. The summed E-state index contributed by atoms with van der Waals surface area (Å²) >= 11 is 3.36. The van der Waals surface area contributed by atoms with E-state index < -0.39 is 24.1 Å². The number of aliphatic imine (C=N–C) groups is 1. The highest BCUT2D eigenvalue weighted by Crippen LogP contribution is 2.27. The smallest absolute Gasteiger partial charge is 0.319 e. The molecule has 3 N–H and O–H groups in total. The lowest BCUT2D eigenvalue weighted by Gasteiger charge is -2.22. The number of likely N-dealkylation sites (N-methyl/N-ethyl adjacent to an activating group) is 1. The van der Waals surface area contributed by atoms with Crippen molar-refractivity contribution in [3.63, 3.8) is 0 Å². The van der Waals surface area contributed by atoms with Crippen molar-refractivity contribution in [3.05, 3.63) is 94.5 Å². The Bertz CT molecular complexity index is 1290. The maximum absolute atomic E-state index is 13.2. The van der Waals surface area contributed by atoms with Crippen LogP contribution < -0.4 is 20.9 Å². The highest BCUT2D eigenvalue weighted by atomic mass is 79.9. The topological polar surface area (TPSA) is 103 Å². The molecule has 4 rings (SSSR count). The van der Waals surface area contributed by atoms with E-state index in [2.05, 4.69) is 36.9 Å². The summed E-state index contributed by atoms with van der Waals surface area (Å²) in [5.74, 6) is -0.928. The van der Waals surface area contributed by atoms with Crippen LogP contribution in [0.15, 0.2) is 88.3 Å². The first-order chi connectivity index (χ1) is 16.8. The van der Waals surface area contributed by atoms with Gasteiger partial charge in [0.2, 0.25) is 12.1 Å². The van der Waals surface area contributed by atoms with Crippen molar-refractivity contribution < 1.29 is 14.4 Å². The van der Waals surface area contributed by atoms with Gasteiger partial charge < -0.3 is 20.9 Å². The summed E-state index contributed by atoms with van der Waals surface area (Å²) in [4.78, 5) is 44.7. The Labute approximate surface area is 211 Å². The standard InChI is InChI=1S/C26H24BrN5O3/c1-16(28-26(35)29-20-14-8-7-13-19(20)27)24(33)31-23-25(34)32(2)21-15-9-6-12-18(21)22(30-23)17-10-4-3-5-11-17/h3-16,23H,1-2H3,(H,31,33)(H2,28,29,35)/t16-,23+/m0/s1. The van der Waals surface area contributed by atoms with Gasteiger partial charge >= 0.3 is 6.03 Å². The zero-order valence-corrected chi connectivity index (χ0v) is 20.7. The van der Waals surface area contributed by atoms with Crippen LogP contribution >= 0.6 is 15.9 Å². The highest BCUT2D eigenvalue weighted by molar-refractivity contribution is 9.10. The molecule has 9 heteroatoms. The number of rotatable bonds is 5. The van der Waals surface area contributed by atoms with E-state index in [0.717, 1.165) is 11.1 Å². The number of hydrogen-bond donors (Lipinski definition) is 3. The number of hydrogen-bond acceptors (Lipinski definition) is 4. The Balaban J connectivity index is 1.54. The van der Waals surface area contributed by atoms with Crippen LogP contribution in [0.4, 0.5) is 16.2 Å². The van der Waals surface area contributed by atoms with Gasteiger partial charge in [0.25, 0.3) is 5.91 Å². The van der Waals surface area contributed by atoms with Crippen LogP contribution in [0.2, 0.25) is 0 Å². The molecule has 2 atom stereocenters. The largest absolute Gasteiger partial charge is 0.326 e. The first-order valence-corrected chi connectivity index (χ1v) is 11.8. The van der Waals surface area contributed by atoms with Crippen LogP contribution in [0.1, 0.15) is 18.1 Å². The van der Waals surface area contributed by atoms with Gasteiger partial charge in [-0.05, 0) is 41.1 Å². The Kier molecular flexibility index (Phi) is 7.26. The zero-order valence-electron chi connectivity index (χ0n) is 19.2. The van der Waals surface area contributed by atoms with Crippen LogP contribution in [0.5, 0.6) is 0 Å². The normalized spacial score (nSPS) is 15.9. The number of carbonyl (C=O) groups is 3. The first kappa shape index (κ1) is 24.2. The molecular formula is C26H24BrN5O3. The van der Waals surface area contributed by atoms with Crippen molar-refractivity contribution >= 4 is 50.9 Å². The van der Waals surface area contributed by atoms with Crippen LogP contribution in [-0.4, -0.2) is 42.8 Å². The Morgan fingerprint density at radius 3 is 2.37 bits per heavy atom. The van der Waals surface area contributed by atoms with Gasteiger partial charge in [0, 0.05) is 22.6 Å². The predicted molar refractivity (Wildman–Crippen MR) is 140 cm³/mol. The van der Waals surface area contributed by atoms with Gasteiger partial charge in [-0.1, -0.05) is 60.7 Å². The van der Waals surface area contributed by atoms with Crippen LogP contribution in [-0.2, 0) is 9.59 Å². The molecule has 178 valence electrons. The summed E-state index contributed by atoms with van der Waals surface area (Å²) in [6.45, 7) is 1.54. The summed E-state index contributed by atoms with van der Waals surface area (Å²) in [6, 6.07) is 22.6. The molecule has 0 unspecified atom stereocenters. The lowest BCUT2D eigenvalue weighted by molar-refractivity contribution is -0.128. The van der Waals surface area contributed by atoms with Gasteiger partial charge in [-0.3, -0.25) is 9.59 Å². The van der Waals surface area contributed by atoms with Crippen molar-refractivity contribution in [2.75, 3.05) is 17.3 Å². The fourth-order valence-corrected chi connectivity index (χ4v) is 4.07. The second-order valence-corrected chi connectivity index (χ2v) is 8.82. The second kappa shape index (κ2) is 10.5. The molecule has 1 heterocycles. The Hall–Kier alpha value is -3.98. The first-order valence-electron chi connectivity index (χ1n) is 11.0. The predicted octanol–water partition coefficient (Wildman–Crippen LogP) is 3.92. The van der Waals surface area contributed by atoms with Gasteiger partial charge in [-0.2, -0.15) is 0 Å². The monoisotopic (exact) mass is 533 g/mol. The molecule has 3 aromatic carbocycles. The molecule has 0 bridgehead atoms. The van der Waals surface area contributed by atoms with Crippen molar-refractivity contribution in [2.24, 2.45) is 4.99 Å². The average molecular weight is 534 g/mol. The number of benzene rings is 3. The lowest BCUT2D eigenvalue weighted by Crippen LogP contribution is -2.52. The summed E-state index contributed by atoms with van der Waals surface area (Å²) < 4.78 is 0.710. The van der Waals surface area contributed by atoms with Crippen molar-refractivity contribution in [2.45, 2.75) is 19.1 Å². The number of anilines is 2. The molecule has 0 radical (unpaired) electrons. The van der Waals surface area contributed by atoms with E-state index in [9.17, 15) is 14.4 Å². The summed E-state index contributed by atoms with van der Waals surface area (Å²) in [6.07, 6.45) is -1.16. The molecule has 0 saturated heterocycles. The Morgan fingerprint density at radius 1 is 0.971 bits per heavy atom. The summed E-state index contributed by atoms with van der Waals surface area (Å²) in [7, 11) is 1.65. The molecule has 3 aromatic rings. The quantitative estimate of drug-likeness (QED) is 0.463. The van der Waals surface area contributed by atoms with Crippen molar-refractivity contribution in [1.29, 1.82) is 0 Å².